The van der Waals surface area contributed by atoms with Gasteiger partial charge in [-0.05, 0) is 36.2 Å². The molecule has 0 radical (unpaired) electrons. The number of nitrogens with zero attached hydrogens (tertiary/aromatic N) is 3. The van der Waals surface area contributed by atoms with Crippen LogP contribution in [0.4, 0.5) is 18.9 Å². The summed E-state index contributed by atoms with van der Waals surface area (Å²) in [5.74, 6) is -0.214. The van der Waals surface area contributed by atoms with Gasteiger partial charge in [-0.1, -0.05) is 29.4 Å². The van der Waals surface area contributed by atoms with Crippen LogP contribution in [0.3, 0.4) is 0 Å². The first-order valence-electron chi connectivity index (χ1n) is 10.4. The van der Waals surface area contributed by atoms with Gasteiger partial charge in [-0.25, -0.2) is 8.42 Å². The van der Waals surface area contributed by atoms with E-state index in [1.807, 2.05) is 24.3 Å². The molecule has 4 rings (SSSR count). The Bertz CT molecular complexity index is 1170. The van der Waals surface area contributed by atoms with Crippen LogP contribution in [0.15, 0.2) is 58.6 Å². The van der Waals surface area contributed by atoms with Gasteiger partial charge >= 0.3 is 6.18 Å². The zero-order valence-corrected chi connectivity index (χ0v) is 18.4. The number of carbonyl (C=O) groups excluding carboxylic acids is 1. The first-order chi connectivity index (χ1) is 15.7. The Morgan fingerprint density at radius 1 is 1.00 bits per heavy atom. The summed E-state index contributed by atoms with van der Waals surface area (Å²) >= 11 is 0. The normalized spacial score (nSPS) is 17.1. The molecule has 1 amide bonds. The third-order valence-corrected chi connectivity index (χ3v) is 7.56. The Hall–Kier alpha value is -2.92. The van der Waals surface area contributed by atoms with Crippen molar-refractivity contribution in [3.8, 4) is 0 Å². The lowest BCUT2D eigenvalue weighted by molar-refractivity contribution is -0.137. The Balaban J connectivity index is 1.32. The van der Waals surface area contributed by atoms with Gasteiger partial charge in [0.25, 0.3) is 5.91 Å². The summed E-state index contributed by atoms with van der Waals surface area (Å²) in [6.45, 7) is 0.479. The molecule has 0 saturated carbocycles. The highest BCUT2D eigenvalue weighted by Gasteiger charge is 2.34. The molecule has 2 aromatic rings. The Labute approximate surface area is 189 Å². The number of hydrogen-bond donors (Lipinski definition) is 0. The Kier molecular flexibility index (Phi) is 6.44. The van der Waals surface area contributed by atoms with Gasteiger partial charge in [0.1, 0.15) is 0 Å². The molecule has 2 aliphatic rings. The lowest BCUT2D eigenvalue weighted by Gasteiger charge is -2.27. The van der Waals surface area contributed by atoms with E-state index in [4.69, 9.17) is 4.84 Å². The maximum Gasteiger partial charge on any atom is 0.416 e. The number of halogens is 3. The summed E-state index contributed by atoms with van der Waals surface area (Å²) in [5.41, 5.74) is 1.56. The minimum Gasteiger partial charge on any atom is -0.386 e. The number of piperidine rings is 1. The second kappa shape index (κ2) is 9.14. The quantitative estimate of drug-likeness (QED) is 0.613. The van der Waals surface area contributed by atoms with E-state index in [-0.39, 0.29) is 38.4 Å². The monoisotopic (exact) mass is 481 g/mol. The van der Waals surface area contributed by atoms with Crippen LogP contribution in [0.1, 0.15) is 24.0 Å². The van der Waals surface area contributed by atoms with Gasteiger partial charge in [-0.2, -0.15) is 17.5 Å². The summed E-state index contributed by atoms with van der Waals surface area (Å²) in [6.07, 6.45) is -3.32. The third-order valence-electron chi connectivity index (χ3n) is 5.67. The first kappa shape index (κ1) is 23.2. The fourth-order valence-electron chi connectivity index (χ4n) is 3.91. The minimum absolute atomic E-state index is 0.0637. The molecule has 11 heteroatoms. The number of anilines is 1. The molecule has 33 heavy (non-hydrogen) atoms. The van der Waals surface area contributed by atoms with Crippen LogP contribution in [0.5, 0.6) is 0 Å². The van der Waals surface area contributed by atoms with Crippen LogP contribution in [-0.2, 0) is 32.3 Å². The lowest BCUT2D eigenvalue weighted by Crippen LogP contribution is -2.39. The van der Waals surface area contributed by atoms with Gasteiger partial charge in [-0.3, -0.25) is 4.79 Å². The van der Waals surface area contributed by atoms with Crippen LogP contribution in [0.2, 0.25) is 0 Å². The molecule has 0 aromatic heterocycles. The van der Waals surface area contributed by atoms with Gasteiger partial charge in [-0.15, -0.1) is 0 Å². The maximum atomic E-state index is 12.9. The van der Waals surface area contributed by atoms with Crippen molar-refractivity contribution in [3.05, 3.63) is 59.7 Å². The van der Waals surface area contributed by atoms with E-state index in [0.717, 1.165) is 40.2 Å². The minimum atomic E-state index is -4.63. The number of alkyl halides is 3. The van der Waals surface area contributed by atoms with Crippen molar-refractivity contribution < 1.29 is 31.2 Å². The molecule has 0 spiro atoms. The Morgan fingerprint density at radius 3 is 2.45 bits per heavy atom. The number of amides is 1. The highest BCUT2D eigenvalue weighted by atomic mass is 32.2. The average molecular weight is 481 g/mol. The van der Waals surface area contributed by atoms with Crippen molar-refractivity contribution in [1.82, 2.24) is 4.31 Å². The third kappa shape index (κ3) is 5.03. The predicted molar refractivity (Wildman–Crippen MR) is 115 cm³/mol. The van der Waals surface area contributed by atoms with E-state index in [1.165, 1.54) is 0 Å². The molecular weight excluding hydrogens is 459 g/mol. The van der Waals surface area contributed by atoms with Crippen molar-refractivity contribution in [2.24, 2.45) is 5.16 Å². The van der Waals surface area contributed by atoms with Crippen molar-refractivity contribution >= 4 is 27.3 Å². The molecule has 0 atom stereocenters. The van der Waals surface area contributed by atoms with E-state index in [1.54, 1.807) is 4.90 Å². The zero-order valence-electron chi connectivity index (χ0n) is 17.6. The van der Waals surface area contributed by atoms with E-state index >= 15 is 0 Å². The van der Waals surface area contributed by atoms with Gasteiger partial charge in [0.05, 0.1) is 16.2 Å². The molecule has 2 aromatic carbocycles. The summed E-state index contributed by atoms with van der Waals surface area (Å²) < 4.78 is 65.5. The van der Waals surface area contributed by atoms with Crippen molar-refractivity contribution in [2.75, 3.05) is 31.1 Å². The van der Waals surface area contributed by atoms with E-state index in [9.17, 15) is 26.4 Å². The largest absolute Gasteiger partial charge is 0.416 e. The molecule has 1 fully saturated rings. The molecule has 0 unspecified atom stereocenters. The molecule has 2 aliphatic heterocycles. The second-order valence-corrected chi connectivity index (χ2v) is 9.72. The number of oxime groups is 1. The molecule has 176 valence electrons. The maximum absolute atomic E-state index is 12.9. The van der Waals surface area contributed by atoms with Crippen LogP contribution < -0.4 is 4.90 Å². The van der Waals surface area contributed by atoms with Gasteiger partial charge in [0, 0.05) is 38.2 Å². The number of benzene rings is 2. The van der Waals surface area contributed by atoms with Crippen LogP contribution >= 0.6 is 0 Å². The predicted octanol–water partition coefficient (Wildman–Crippen LogP) is 3.45. The van der Waals surface area contributed by atoms with Crippen LogP contribution in [0, 0.1) is 0 Å². The molecule has 0 bridgehead atoms. The molecular formula is C22H22F3N3O4S. The highest BCUT2D eigenvalue weighted by Crippen LogP contribution is 2.31. The van der Waals surface area contributed by atoms with Gasteiger partial charge < -0.3 is 9.74 Å². The SMILES string of the molecule is O=C(CON=C1CCN(S(=O)(=O)c2cccc(C(F)(F)F)c2)CC1)N1CCc2ccccc21. The fraction of sp³-hybridized carbons (Fsp3) is 0.364. The summed E-state index contributed by atoms with van der Waals surface area (Å²) in [6, 6.07) is 11.4. The van der Waals surface area contributed by atoms with E-state index in [2.05, 4.69) is 5.16 Å². The van der Waals surface area contributed by atoms with Crippen LogP contribution in [0.25, 0.3) is 0 Å². The number of rotatable bonds is 5. The first-order valence-corrected chi connectivity index (χ1v) is 11.8. The number of hydrogen-bond acceptors (Lipinski definition) is 5. The fourth-order valence-corrected chi connectivity index (χ4v) is 5.40. The number of para-hydroxylation sites is 1. The van der Waals surface area contributed by atoms with E-state index < -0.39 is 26.7 Å². The number of fused-ring (bicyclic) bond motifs is 1. The van der Waals surface area contributed by atoms with Crippen molar-refractivity contribution in [2.45, 2.75) is 30.3 Å². The molecule has 1 saturated heterocycles. The number of carbonyl (C=O) groups is 1. The molecule has 7 nitrogen and oxygen atoms in total. The van der Waals surface area contributed by atoms with Gasteiger partial charge in [0.15, 0.2) is 6.61 Å². The lowest BCUT2D eigenvalue weighted by atomic mass is 10.1. The standard InChI is InChI=1S/C22H22F3N3O4S/c23-22(24,25)17-5-3-6-19(14-17)33(30,31)27-11-9-18(10-12-27)26-32-15-21(29)28-13-8-16-4-1-2-7-20(16)28/h1-7,14H,8-13,15H2. The number of sulfonamides is 1. The van der Waals surface area contributed by atoms with Crippen molar-refractivity contribution in [3.63, 3.8) is 0 Å². The van der Waals surface area contributed by atoms with Crippen molar-refractivity contribution in [1.29, 1.82) is 0 Å². The molecule has 2 heterocycles. The summed E-state index contributed by atoms with van der Waals surface area (Å²) in [7, 11) is -4.06. The van der Waals surface area contributed by atoms with E-state index in [0.29, 0.717) is 18.3 Å². The topological polar surface area (TPSA) is 79.3 Å². The summed E-state index contributed by atoms with van der Waals surface area (Å²) in [5, 5.41) is 3.99. The Morgan fingerprint density at radius 2 is 1.73 bits per heavy atom. The average Bonchev–Trinajstić information content (AvgIpc) is 3.23. The smallest absolute Gasteiger partial charge is 0.386 e. The van der Waals surface area contributed by atoms with Crippen LogP contribution in [-0.4, -0.2) is 50.6 Å². The molecule has 0 N–H and O–H groups in total. The highest BCUT2D eigenvalue weighted by molar-refractivity contribution is 7.89. The zero-order chi connectivity index (χ0) is 23.6. The summed E-state index contributed by atoms with van der Waals surface area (Å²) in [4.78, 5) is 18.9. The second-order valence-electron chi connectivity index (χ2n) is 7.78. The molecule has 0 aliphatic carbocycles. The van der Waals surface area contributed by atoms with Gasteiger partial charge in [0.2, 0.25) is 10.0 Å².